The Morgan fingerprint density at radius 2 is 1.56 bits per heavy atom. The van der Waals surface area contributed by atoms with E-state index in [0.29, 0.717) is 29.8 Å². The van der Waals surface area contributed by atoms with Crippen LogP contribution in [-0.2, 0) is 32.0 Å². The number of carbonyl (C=O) groups is 3. The van der Waals surface area contributed by atoms with E-state index in [1.807, 2.05) is 30.3 Å². The number of ether oxygens (including phenoxy) is 1. The number of carbonyl (C=O) groups excluding carboxylic acids is 3. The van der Waals surface area contributed by atoms with Crippen molar-refractivity contribution in [1.82, 2.24) is 0 Å². The summed E-state index contributed by atoms with van der Waals surface area (Å²) in [7, 11) is 0. The summed E-state index contributed by atoms with van der Waals surface area (Å²) in [6.07, 6.45) is 0.684. The molecule has 1 unspecified atom stereocenters. The van der Waals surface area contributed by atoms with Crippen LogP contribution in [0.2, 0.25) is 0 Å². The standard InChI is InChI=1S/C29H27NO6/c1-2-36-25(33)18-20-8-13-22(14-9-20)30-27(21-11-15-23(31)16-12-21)26(28(34)29(30)35)24(32)17-10-19-6-4-3-5-7-19/h3-9,11-16,27,31,34H,2,10,17-18H2,1H3. The number of phenolic OH excluding ortho intramolecular Hbond substituents is 1. The van der Waals surface area contributed by atoms with E-state index in [4.69, 9.17) is 4.74 Å². The number of hydrogen-bond donors (Lipinski definition) is 2. The molecule has 1 aliphatic heterocycles. The molecule has 7 nitrogen and oxygen atoms in total. The third-order valence-corrected chi connectivity index (χ3v) is 6.07. The first-order valence-electron chi connectivity index (χ1n) is 11.8. The van der Waals surface area contributed by atoms with E-state index in [0.717, 1.165) is 5.56 Å². The minimum Gasteiger partial charge on any atom is -0.508 e. The van der Waals surface area contributed by atoms with Crippen LogP contribution in [0.25, 0.3) is 0 Å². The van der Waals surface area contributed by atoms with E-state index in [1.54, 1.807) is 43.3 Å². The molecule has 1 heterocycles. The van der Waals surface area contributed by atoms with Crippen LogP contribution in [0.4, 0.5) is 5.69 Å². The zero-order valence-corrected chi connectivity index (χ0v) is 19.9. The number of aryl methyl sites for hydroxylation is 1. The Morgan fingerprint density at radius 3 is 2.19 bits per heavy atom. The molecule has 1 amide bonds. The number of esters is 1. The van der Waals surface area contributed by atoms with E-state index < -0.39 is 17.7 Å². The van der Waals surface area contributed by atoms with Crippen molar-refractivity contribution in [3.63, 3.8) is 0 Å². The monoisotopic (exact) mass is 485 g/mol. The lowest BCUT2D eigenvalue weighted by Crippen LogP contribution is -2.31. The third-order valence-electron chi connectivity index (χ3n) is 6.07. The van der Waals surface area contributed by atoms with Gasteiger partial charge in [-0.3, -0.25) is 19.3 Å². The highest BCUT2D eigenvalue weighted by Crippen LogP contribution is 2.41. The average molecular weight is 486 g/mol. The third kappa shape index (κ3) is 5.30. The summed E-state index contributed by atoms with van der Waals surface area (Å²) in [5.41, 5.74) is 2.75. The number of anilines is 1. The average Bonchev–Trinajstić information content (AvgIpc) is 3.14. The highest BCUT2D eigenvalue weighted by molar-refractivity contribution is 6.16. The number of amides is 1. The van der Waals surface area contributed by atoms with E-state index in [9.17, 15) is 24.6 Å². The molecule has 7 heteroatoms. The molecule has 4 rings (SSSR count). The Morgan fingerprint density at radius 1 is 0.889 bits per heavy atom. The van der Waals surface area contributed by atoms with Gasteiger partial charge >= 0.3 is 5.97 Å². The number of rotatable bonds is 9. The van der Waals surface area contributed by atoms with E-state index in [-0.39, 0.29) is 35.9 Å². The largest absolute Gasteiger partial charge is 0.508 e. The molecule has 1 aliphatic rings. The molecule has 0 saturated carbocycles. The SMILES string of the molecule is CCOC(=O)Cc1ccc(N2C(=O)C(O)=C(C(=O)CCc3ccccc3)C2c2ccc(O)cc2)cc1. The van der Waals surface area contributed by atoms with Gasteiger partial charge in [0.15, 0.2) is 11.5 Å². The maximum Gasteiger partial charge on any atom is 0.310 e. The normalized spacial score (nSPS) is 15.3. The minimum absolute atomic E-state index is 0.0252. The van der Waals surface area contributed by atoms with Gasteiger partial charge in [-0.15, -0.1) is 0 Å². The number of hydrogen-bond acceptors (Lipinski definition) is 6. The lowest BCUT2D eigenvalue weighted by molar-refractivity contribution is -0.142. The fourth-order valence-corrected chi connectivity index (χ4v) is 4.32. The van der Waals surface area contributed by atoms with Gasteiger partial charge in [-0.2, -0.15) is 0 Å². The number of nitrogens with zero attached hydrogens (tertiary/aromatic N) is 1. The minimum atomic E-state index is -0.864. The van der Waals surface area contributed by atoms with Crippen molar-refractivity contribution < 1.29 is 29.3 Å². The summed E-state index contributed by atoms with van der Waals surface area (Å²) >= 11 is 0. The van der Waals surface area contributed by atoms with Gasteiger partial charge < -0.3 is 14.9 Å². The number of aliphatic hydroxyl groups excluding tert-OH is 1. The van der Waals surface area contributed by atoms with Crippen molar-refractivity contribution in [1.29, 1.82) is 0 Å². The van der Waals surface area contributed by atoms with Crippen LogP contribution in [0.3, 0.4) is 0 Å². The zero-order valence-electron chi connectivity index (χ0n) is 19.9. The van der Waals surface area contributed by atoms with Gasteiger partial charge in [0.1, 0.15) is 5.75 Å². The van der Waals surface area contributed by atoms with Crippen molar-refractivity contribution in [2.24, 2.45) is 0 Å². The molecule has 0 bridgehead atoms. The number of benzene rings is 3. The van der Waals surface area contributed by atoms with Crippen LogP contribution >= 0.6 is 0 Å². The van der Waals surface area contributed by atoms with Crippen molar-refractivity contribution in [3.8, 4) is 5.75 Å². The van der Waals surface area contributed by atoms with E-state index in [2.05, 4.69) is 0 Å². The molecule has 1 atom stereocenters. The highest BCUT2D eigenvalue weighted by atomic mass is 16.5. The molecule has 0 saturated heterocycles. The van der Waals surface area contributed by atoms with E-state index in [1.165, 1.54) is 17.0 Å². The topological polar surface area (TPSA) is 104 Å². The van der Waals surface area contributed by atoms with Gasteiger partial charge in [0.05, 0.1) is 24.6 Å². The maximum absolute atomic E-state index is 13.3. The van der Waals surface area contributed by atoms with Crippen LogP contribution in [0.15, 0.2) is 90.2 Å². The number of ketones is 1. The lowest BCUT2D eigenvalue weighted by Gasteiger charge is -2.27. The second-order valence-corrected chi connectivity index (χ2v) is 8.49. The number of phenols is 1. The molecule has 3 aromatic rings. The molecular weight excluding hydrogens is 458 g/mol. The number of aliphatic hydroxyl groups is 1. The summed E-state index contributed by atoms with van der Waals surface area (Å²) in [4.78, 5) is 39.8. The molecule has 184 valence electrons. The summed E-state index contributed by atoms with van der Waals surface area (Å²) in [6.45, 7) is 2.03. The first kappa shape index (κ1) is 24.7. The van der Waals surface area contributed by atoms with Crippen LogP contribution in [-0.4, -0.2) is 34.5 Å². The summed E-state index contributed by atoms with van der Waals surface area (Å²) < 4.78 is 4.99. The smallest absolute Gasteiger partial charge is 0.310 e. The fourth-order valence-electron chi connectivity index (χ4n) is 4.32. The molecule has 0 fully saturated rings. The Kier molecular flexibility index (Phi) is 7.49. The van der Waals surface area contributed by atoms with Gasteiger partial charge in [0.2, 0.25) is 0 Å². The number of aromatic hydroxyl groups is 1. The second-order valence-electron chi connectivity index (χ2n) is 8.49. The predicted octanol–water partition coefficient (Wildman–Crippen LogP) is 4.60. The van der Waals surface area contributed by atoms with Gasteiger partial charge in [0, 0.05) is 12.1 Å². The van der Waals surface area contributed by atoms with Gasteiger partial charge in [0.25, 0.3) is 5.91 Å². The maximum atomic E-state index is 13.3. The van der Waals surface area contributed by atoms with Crippen molar-refractivity contribution in [2.45, 2.75) is 32.2 Å². The summed E-state index contributed by atoms with van der Waals surface area (Å²) in [5, 5.41) is 20.6. The molecule has 0 aliphatic carbocycles. The first-order chi connectivity index (χ1) is 17.4. The molecule has 3 aromatic carbocycles. The van der Waals surface area contributed by atoms with Gasteiger partial charge in [-0.05, 0) is 54.3 Å². The quantitative estimate of drug-likeness (QED) is 0.430. The Labute approximate surface area is 209 Å². The molecular formula is C29H27NO6. The van der Waals surface area contributed by atoms with Crippen LogP contribution in [0.1, 0.15) is 36.1 Å². The van der Waals surface area contributed by atoms with E-state index >= 15 is 0 Å². The van der Waals surface area contributed by atoms with Crippen molar-refractivity contribution in [2.75, 3.05) is 11.5 Å². The second kappa shape index (κ2) is 10.9. The zero-order chi connectivity index (χ0) is 25.7. The van der Waals surface area contributed by atoms with Crippen molar-refractivity contribution >= 4 is 23.3 Å². The highest BCUT2D eigenvalue weighted by Gasteiger charge is 2.44. The Hall–Kier alpha value is -4.39. The number of Topliss-reactive ketones (excluding diaryl/α,β-unsaturated/α-hetero) is 1. The Balaban J connectivity index is 1.65. The molecule has 0 radical (unpaired) electrons. The van der Waals surface area contributed by atoms with Crippen LogP contribution < -0.4 is 4.90 Å². The molecule has 0 spiro atoms. The first-order valence-corrected chi connectivity index (χ1v) is 11.8. The molecule has 36 heavy (non-hydrogen) atoms. The van der Waals surface area contributed by atoms with Gasteiger partial charge in [-0.25, -0.2) is 0 Å². The van der Waals surface area contributed by atoms with Crippen molar-refractivity contribution in [3.05, 3.63) is 107 Å². The fraction of sp³-hybridized carbons (Fsp3) is 0.207. The molecule has 2 N–H and O–H groups in total. The predicted molar refractivity (Wildman–Crippen MR) is 135 cm³/mol. The van der Waals surface area contributed by atoms with Crippen LogP contribution in [0.5, 0.6) is 5.75 Å². The molecule has 0 aromatic heterocycles. The lowest BCUT2D eigenvalue weighted by atomic mass is 9.93. The van der Waals surface area contributed by atoms with Crippen LogP contribution in [0, 0.1) is 0 Å². The summed E-state index contributed by atoms with van der Waals surface area (Å²) in [6, 6.07) is 21.6. The van der Waals surface area contributed by atoms with Gasteiger partial charge in [-0.1, -0.05) is 54.6 Å². The Bertz CT molecular complexity index is 1280. The summed E-state index contributed by atoms with van der Waals surface area (Å²) in [5.74, 6) is -1.90.